The van der Waals surface area contributed by atoms with Crippen molar-refractivity contribution in [2.75, 3.05) is 0 Å². The van der Waals surface area contributed by atoms with E-state index in [1.54, 1.807) is 5.38 Å². The first kappa shape index (κ1) is 14.1. The molecule has 17 heavy (non-hydrogen) atoms. The van der Waals surface area contributed by atoms with Gasteiger partial charge < -0.3 is 11.1 Å². The number of thiazole rings is 1. The fourth-order valence-electron chi connectivity index (χ4n) is 1.59. The number of amides is 1. The number of hydrogen-bond acceptors (Lipinski definition) is 4. The van der Waals surface area contributed by atoms with Gasteiger partial charge in [-0.25, -0.2) is 4.98 Å². The summed E-state index contributed by atoms with van der Waals surface area (Å²) in [6.45, 7) is 6.06. The van der Waals surface area contributed by atoms with Gasteiger partial charge in [-0.2, -0.15) is 0 Å². The van der Waals surface area contributed by atoms with Gasteiger partial charge >= 0.3 is 0 Å². The fraction of sp³-hybridized carbons (Fsp3) is 0.667. The molecule has 0 aliphatic rings. The van der Waals surface area contributed by atoms with Gasteiger partial charge in [0.1, 0.15) is 10.7 Å². The lowest BCUT2D eigenvalue weighted by Gasteiger charge is -2.14. The third-order valence-corrected chi connectivity index (χ3v) is 3.65. The van der Waals surface area contributed by atoms with Crippen molar-refractivity contribution in [3.63, 3.8) is 0 Å². The normalized spacial score (nSPS) is 14.4. The van der Waals surface area contributed by atoms with Crippen LogP contribution >= 0.6 is 11.3 Å². The van der Waals surface area contributed by atoms with Crippen LogP contribution in [-0.2, 0) is 0 Å². The summed E-state index contributed by atoms with van der Waals surface area (Å²) in [6, 6.07) is 0.132. The predicted molar refractivity (Wildman–Crippen MR) is 71.2 cm³/mol. The molecule has 0 spiro atoms. The minimum Gasteiger partial charge on any atom is -0.348 e. The molecular weight excluding hydrogens is 234 g/mol. The number of carbonyl (C=O) groups excluding carboxylic acids is 1. The molecule has 1 amide bonds. The molecule has 2 unspecified atom stereocenters. The van der Waals surface area contributed by atoms with E-state index in [0.29, 0.717) is 5.69 Å². The Balaban J connectivity index is 2.62. The van der Waals surface area contributed by atoms with Crippen molar-refractivity contribution < 1.29 is 4.79 Å². The Morgan fingerprint density at radius 2 is 2.29 bits per heavy atom. The van der Waals surface area contributed by atoms with Crippen LogP contribution in [0.5, 0.6) is 0 Å². The van der Waals surface area contributed by atoms with E-state index < -0.39 is 0 Å². The van der Waals surface area contributed by atoms with Crippen LogP contribution in [0.1, 0.15) is 61.6 Å². The topological polar surface area (TPSA) is 68.0 Å². The van der Waals surface area contributed by atoms with Crippen molar-refractivity contribution in [3.8, 4) is 0 Å². The Bertz CT molecular complexity index is 362. The van der Waals surface area contributed by atoms with Crippen LogP contribution in [0.3, 0.4) is 0 Å². The number of rotatable bonds is 6. The van der Waals surface area contributed by atoms with E-state index in [2.05, 4.69) is 24.1 Å². The monoisotopic (exact) mass is 255 g/mol. The Labute approximate surface area is 107 Å². The third kappa shape index (κ3) is 4.09. The molecule has 0 aliphatic heterocycles. The van der Waals surface area contributed by atoms with Crippen LogP contribution in [0.4, 0.5) is 0 Å². The highest BCUT2D eigenvalue weighted by atomic mass is 32.1. The smallest absolute Gasteiger partial charge is 0.270 e. The second-order valence-electron chi connectivity index (χ2n) is 4.23. The standard InChI is InChI=1S/C12H21N3OS/c1-4-6-9(5-2)14-11(16)10-7-17-12(15-10)8(3)13/h7-9H,4-6,13H2,1-3H3,(H,14,16). The van der Waals surface area contributed by atoms with Crippen molar-refractivity contribution in [3.05, 3.63) is 16.1 Å². The Kier molecular flexibility index (Phi) is 5.58. The van der Waals surface area contributed by atoms with E-state index in [1.807, 2.05) is 6.92 Å². The van der Waals surface area contributed by atoms with Crippen LogP contribution in [0, 0.1) is 0 Å². The average Bonchev–Trinajstić information content (AvgIpc) is 2.77. The second kappa shape index (κ2) is 6.71. The number of nitrogens with one attached hydrogen (secondary N) is 1. The van der Waals surface area contributed by atoms with E-state index in [-0.39, 0.29) is 18.0 Å². The van der Waals surface area contributed by atoms with E-state index in [1.165, 1.54) is 11.3 Å². The largest absolute Gasteiger partial charge is 0.348 e. The minimum atomic E-state index is -0.112. The van der Waals surface area contributed by atoms with Gasteiger partial charge in [0.25, 0.3) is 5.91 Å². The van der Waals surface area contributed by atoms with Crippen LogP contribution in [0.15, 0.2) is 5.38 Å². The SMILES string of the molecule is CCCC(CC)NC(=O)c1csc(C(C)N)n1. The highest BCUT2D eigenvalue weighted by Gasteiger charge is 2.15. The summed E-state index contributed by atoms with van der Waals surface area (Å²) >= 11 is 1.44. The van der Waals surface area contributed by atoms with Crippen LogP contribution in [0.2, 0.25) is 0 Å². The van der Waals surface area contributed by atoms with Crippen LogP contribution < -0.4 is 11.1 Å². The van der Waals surface area contributed by atoms with Gasteiger partial charge in [0.05, 0.1) is 6.04 Å². The summed E-state index contributed by atoms with van der Waals surface area (Å²) < 4.78 is 0. The first-order valence-electron chi connectivity index (χ1n) is 6.10. The van der Waals surface area contributed by atoms with E-state index >= 15 is 0 Å². The van der Waals surface area contributed by atoms with Gasteiger partial charge in [0.2, 0.25) is 0 Å². The van der Waals surface area contributed by atoms with Gasteiger partial charge in [-0.05, 0) is 19.8 Å². The first-order chi connectivity index (χ1) is 8.08. The van der Waals surface area contributed by atoms with Gasteiger partial charge in [-0.15, -0.1) is 11.3 Å². The molecule has 96 valence electrons. The number of aromatic nitrogens is 1. The quantitative estimate of drug-likeness (QED) is 0.820. The molecule has 0 bridgehead atoms. The summed E-state index contributed by atoms with van der Waals surface area (Å²) in [5, 5.41) is 5.58. The van der Waals surface area contributed by atoms with Gasteiger partial charge in [0.15, 0.2) is 0 Å². The zero-order valence-corrected chi connectivity index (χ0v) is 11.5. The predicted octanol–water partition coefficient (Wildman–Crippen LogP) is 2.47. The molecule has 0 aliphatic carbocycles. The number of carbonyl (C=O) groups is 1. The van der Waals surface area contributed by atoms with Crippen molar-refractivity contribution in [2.24, 2.45) is 5.73 Å². The molecular formula is C12H21N3OS. The minimum absolute atomic E-state index is 0.0894. The molecule has 1 aromatic rings. The van der Waals surface area contributed by atoms with Crippen molar-refractivity contribution >= 4 is 17.2 Å². The number of nitrogens with two attached hydrogens (primary N) is 1. The molecule has 0 aromatic carbocycles. The van der Waals surface area contributed by atoms with E-state index in [9.17, 15) is 4.79 Å². The summed E-state index contributed by atoms with van der Waals surface area (Å²) in [7, 11) is 0. The summed E-state index contributed by atoms with van der Waals surface area (Å²) in [5.41, 5.74) is 6.20. The first-order valence-corrected chi connectivity index (χ1v) is 6.98. The molecule has 0 saturated carbocycles. The molecule has 0 saturated heterocycles. The molecule has 1 aromatic heterocycles. The molecule has 2 atom stereocenters. The van der Waals surface area contributed by atoms with Gasteiger partial charge in [-0.1, -0.05) is 20.3 Å². The molecule has 1 rings (SSSR count). The Morgan fingerprint density at radius 3 is 2.76 bits per heavy atom. The maximum Gasteiger partial charge on any atom is 0.270 e. The molecule has 1 heterocycles. The lowest BCUT2D eigenvalue weighted by molar-refractivity contribution is 0.0929. The molecule has 0 radical (unpaired) electrons. The maximum absolute atomic E-state index is 11.9. The zero-order valence-electron chi connectivity index (χ0n) is 10.7. The summed E-state index contributed by atoms with van der Waals surface area (Å²) in [4.78, 5) is 16.2. The van der Waals surface area contributed by atoms with Gasteiger partial charge in [-0.3, -0.25) is 4.79 Å². The molecule has 3 N–H and O–H groups in total. The highest BCUT2D eigenvalue weighted by molar-refractivity contribution is 7.09. The Morgan fingerprint density at radius 1 is 1.59 bits per heavy atom. The van der Waals surface area contributed by atoms with E-state index in [0.717, 1.165) is 24.3 Å². The lowest BCUT2D eigenvalue weighted by Crippen LogP contribution is -2.34. The zero-order chi connectivity index (χ0) is 12.8. The third-order valence-electron chi connectivity index (χ3n) is 2.61. The van der Waals surface area contributed by atoms with Crippen LogP contribution in [-0.4, -0.2) is 16.9 Å². The number of hydrogen-bond donors (Lipinski definition) is 2. The lowest BCUT2D eigenvalue weighted by atomic mass is 10.1. The summed E-state index contributed by atoms with van der Waals surface area (Å²) in [5.74, 6) is -0.0894. The van der Waals surface area contributed by atoms with Crippen molar-refractivity contribution in [2.45, 2.75) is 52.1 Å². The summed E-state index contributed by atoms with van der Waals surface area (Å²) in [6.07, 6.45) is 3.03. The van der Waals surface area contributed by atoms with Crippen molar-refractivity contribution in [1.29, 1.82) is 0 Å². The Hall–Kier alpha value is -0.940. The fourth-order valence-corrected chi connectivity index (χ4v) is 2.35. The highest BCUT2D eigenvalue weighted by Crippen LogP contribution is 2.16. The second-order valence-corrected chi connectivity index (χ2v) is 5.12. The average molecular weight is 255 g/mol. The molecule has 5 heteroatoms. The molecule has 0 fully saturated rings. The number of nitrogens with zero attached hydrogens (tertiary/aromatic N) is 1. The van der Waals surface area contributed by atoms with E-state index in [4.69, 9.17) is 5.73 Å². The maximum atomic E-state index is 11.9. The molecule has 4 nitrogen and oxygen atoms in total. The van der Waals surface area contributed by atoms with Crippen LogP contribution in [0.25, 0.3) is 0 Å². The van der Waals surface area contributed by atoms with Crippen molar-refractivity contribution in [1.82, 2.24) is 10.3 Å². The van der Waals surface area contributed by atoms with Gasteiger partial charge in [0, 0.05) is 11.4 Å².